The third kappa shape index (κ3) is 4.30. The second-order valence-electron chi connectivity index (χ2n) is 11.1. The summed E-state index contributed by atoms with van der Waals surface area (Å²) in [6.07, 6.45) is 10.2. The van der Waals surface area contributed by atoms with Crippen molar-refractivity contribution in [2.45, 2.75) is 64.8 Å². The summed E-state index contributed by atoms with van der Waals surface area (Å²) in [5, 5.41) is 0.764. The van der Waals surface area contributed by atoms with Crippen LogP contribution in [-0.4, -0.2) is 41.9 Å². The minimum atomic E-state index is -0.0579. The van der Waals surface area contributed by atoms with Gasteiger partial charge < -0.3 is 9.80 Å². The van der Waals surface area contributed by atoms with Crippen LogP contribution < -0.4 is 0 Å². The van der Waals surface area contributed by atoms with Crippen LogP contribution in [-0.2, 0) is 11.3 Å². The van der Waals surface area contributed by atoms with Crippen LogP contribution in [0.4, 0.5) is 0 Å². The van der Waals surface area contributed by atoms with Gasteiger partial charge in [-0.1, -0.05) is 30.7 Å². The Balaban J connectivity index is 1.32. The molecule has 4 saturated carbocycles. The molecule has 1 aliphatic heterocycles. The fourth-order valence-corrected chi connectivity index (χ4v) is 7.44. The number of amides is 1. The fourth-order valence-electron chi connectivity index (χ4n) is 7.32. The summed E-state index contributed by atoms with van der Waals surface area (Å²) in [6, 6.07) is 8.09. The summed E-state index contributed by atoms with van der Waals surface area (Å²) >= 11 is 6.11. The molecule has 1 aromatic rings. The first-order chi connectivity index (χ1) is 14.5. The Labute approximate surface area is 187 Å². The van der Waals surface area contributed by atoms with Gasteiger partial charge in [0, 0.05) is 24.7 Å². The quantitative estimate of drug-likeness (QED) is 0.587. The van der Waals surface area contributed by atoms with Crippen molar-refractivity contribution in [3.05, 3.63) is 34.9 Å². The van der Waals surface area contributed by atoms with Gasteiger partial charge in [0.25, 0.3) is 0 Å². The van der Waals surface area contributed by atoms with Crippen molar-refractivity contribution >= 4 is 17.5 Å². The van der Waals surface area contributed by atoms with E-state index in [0.29, 0.717) is 5.91 Å². The number of benzene rings is 1. The van der Waals surface area contributed by atoms with Crippen molar-refractivity contribution in [2.75, 3.05) is 26.2 Å². The lowest BCUT2D eigenvalue weighted by atomic mass is 9.49. The van der Waals surface area contributed by atoms with E-state index >= 15 is 0 Å². The third-order valence-corrected chi connectivity index (χ3v) is 8.88. The Kier molecular flexibility index (Phi) is 5.88. The highest BCUT2D eigenvalue weighted by Gasteiger charge is 2.55. The largest absolute Gasteiger partial charge is 0.337 e. The van der Waals surface area contributed by atoms with E-state index in [4.69, 9.17) is 11.6 Å². The van der Waals surface area contributed by atoms with Crippen LogP contribution in [0.1, 0.15) is 63.9 Å². The lowest BCUT2D eigenvalue weighted by Gasteiger charge is -2.56. The highest BCUT2D eigenvalue weighted by Crippen LogP contribution is 2.60. The van der Waals surface area contributed by atoms with Crippen LogP contribution >= 0.6 is 11.6 Å². The van der Waals surface area contributed by atoms with Gasteiger partial charge in [0.05, 0.1) is 5.41 Å². The summed E-state index contributed by atoms with van der Waals surface area (Å²) in [4.78, 5) is 18.9. The maximum Gasteiger partial charge on any atom is 0.229 e. The minimum absolute atomic E-state index is 0.0579. The average Bonchev–Trinajstić information content (AvgIpc) is 2.72. The Bertz CT molecular complexity index is 718. The molecule has 0 N–H and O–H groups in total. The Morgan fingerprint density at radius 2 is 1.60 bits per heavy atom. The van der Waals surface area contributed by atoms with Crippen molar-refractivity contribution in [1.29, 1.82) is 0 Å². The molecule has 0 atom stereocenters. The van der Waals surface area contributed by atoms with Crippen LogP contribution in [0.5, 0.6) is 0 Å². The lowest BCUT2D eigenvalue weighted by Crippen LogP contribution is -2.55. The molecule has 5 fully saturated rings. The molecule has 1 heterocycles. The summed E-state index contributed by atoms with van der Waals surface area (Å²) in [7, 11) is 0. The molecule has 30 heavy (non-hydrogen) atoms. The van der Waals surface area contributed by atoms with Crippen LogP contribution in [0.25, 0.3) is 0 Å². The SMILES string of the molecule is CC1CCN(CCN(Cc2ccc(Cl)cc2)C(=O)C23CC4CC(CC(C4)C2)C3)CC1. The molecule has 0 aromatic heterocycles. The number of carbonyl (C=O) groups excluding carboxylic acids is 1. The standard InChI is InChI=1S/C26H37ClN2O/c1-19-6-8-28(9-7-19)10-11-29(18-20-2-4-24(27)5-3-20)25(30)26-15-21-12-22(16-26)14-23(13-21)17-26/h2-5,19,21-23H,6-18H2,1H3. The van der Waals surface area contributed by atoms with Gasteiger partial charge in [0.15, 0.2) is 0 Å². The summed E-state index contributed by atoms with van der Waals surface area (Å²) in [5.41, 5.74) is 1.14. The van der Waals surface area contributed by atoms with Crippen molar-refractivity contribution in [3.8, 4) is 0 Å². The van der Waals surface area contributed by atoms with Gasteiger partial charge in [-0.05, 0) is 106 Å². The molecule has 0 spiro atoms. The first-order valence-corrected chi connectivity index (χ1v) is 12.6. The molecular weight excluding hydrogens is 392 g/mol. The zero-order chi connectivity index (χ0) is 20.7. The lowest BCUT2D eigenvalue weighted by molar-refractivity contribution is -0.158. The molecule has 1 aromatic carbocycles. The topological polar surface area (TPSA) is 23.6 Å². The molecule has 1 amide bonds. The van der Waals surface area contributed by atoms with E-state index in [1.807, 2.05) is 12.1 Å². The van der Waals surface area contributed by atoms with Gasteiger partial charge >= 0.3 is 0 Å². The van der Waals surface area contributed by atoms with Crippen LogP contribution in [0.2, 0.25) is 5.02 Å². The van der Waals surface area contributed by atoms with Gasteiger partial charge in [-0.25, -0.2) is 0 Å². The normalized spacial score (nSPS) is 33.7. The first-order valence-electron chi connectivity index (χ1n) is 12.3. The van der Waals surface area contributed by atoms with Gasteiger partial charge in [-0.2, -0.15) is 0 Å². The molecule has 5 aliphatic rings. The highest BCUT2D eigenvalue weighted by molar-refractivity contribution is 6.30. The summed E-state index contributed by atoms with van der Waals surface area (Å²) in [5.74, 6) is 3.73. The second kappa shape index (κ2) is 8.47. The van der Waals surface area contributed by atoms with Crippen LogP contribution in [0.3, 0.4) is 0 Å². The van der Waals surface area contributed by atoms with E-state index in [1.54, 1.807) is 0 Å². The minimum Gasteiger partial charge on any atom is -0.337 e. The number of hydrogen-bond acceptors (Lipinski definition) is 2. The molecule has 0 unspecified atom stereocenters. The molecule has 1 saturated heterocycles. The van der Waals surface area contributed by atoms with E-state index in [1.165, 1.54) is 50.8 Å². The van der Waals surface area contributed by atoms with Crippen LogP contribution in [0, 0.1) is 29.1 Å². The van der Waals surface area contributed by atoms with Gasteiger partial charge in [-0.3, -0.25) is 4.79 Å². The molecule has 6 rings (SSSR count). The number of rotatable bonds is 6. The second-order valence-corrected chi connectivity index (χ2v) is 11.5. The molecule has 4 heteroatoms. The maximum absolute atomic E-state index is 14.1. The Morgan fingerprint density at radius 3 is 2.17 bits per heavy atom. The van der Waals surface area contributed by atoms with Gasteiger partial charge in [0.2, 0.25) is 5.91 Å². The summed E-state index contributed by atoms with van der Waals surface area (Å²) in [6.45, 7) is 7.32. The predicted molar refractivity (Wildman–Crippen MR) is 122 cm³/mol. The molecule has 4 aliphatic carbocycles. The molecule has 4 bridgehead atoms. The zero-order valence-electron chi connectivity index (χ0n) is 18.5. The van der Waals surface area contributed by atoms with Crippen molar-refractivity contribution < 1.29 is 4.79 Å². The zero-order valence-corrected chi connectivity index (χ0v) is 19.2. The van der Waals surface area contributed by atoms with Crippen molar-refractivity contribution in [1.82, 2.24) is 9.80 Å². The molecule has 3 nitrogen and oxygen atoms in total. The van der Waals surface area contributed by atoms with Gasteiger partial charge in [0.1, 0.15) is 0 Å². The van der Waals surface area contributed by atoms with Crippen molar-refractivity contribution in [2.24, 2.45) is 29.1 Å². The number of halogens is 1. The fraction of sp³-hybridized carbons (Fsp3) is 0.731. The predicted octanol–water partition coefficient (Wildman–Crippen LogP) is 5.62. The van der Waals surface area contributed by atoms with Crippen LogP contribution in [0.15, 0.2) is 24.3 Å². The molecule has 0 radical (unpaired) electrons. The Hall–Kier alpha value is -1.06. The van der Waals surface area contributed by atoms with E-state index in [9.17, 15) is 4.79 Å². The molecule has 164 valence electrons. The van der Waals surface area contributed by atoms with E-state index in [0.717, 1.165) is 67.6 Å². The average molecular weight is 429 g/mol. The van der Waals surface area contributed by atoms with Crippen molar-refractivity contribution in [3.63, 3.8) is 0 Å². The smallest absolute Gasteiger partial charge is 0.229 e. The number of likely N-dealkylation sites (tertiary alicyclic amines) is 1. The number of hydrogen-bond donors (Lipinski definition) is 0. The van der Waals surface area contributed by atoms with E-state index < -0.39 is 0 Å². The van der Waals surface area contributed by atoms with Gasteiger partial charge in [-0.15, -0.1) is 0 Å². The third-order valence-electron chi connectivity index (χ3n) is 8.63. The number of carbonyl (C=O) groups is 1. The number of piperidine rings is 1. The summed E-state index contributed by atoms with van der Waals surface area (Å²) < 4.78 is 0. The maximum atomic E-state index is 14.1. The first kappa shape index (κ1) is 20.8. The van der Waals surface area contributed by atoms with E-state index in [2.05, 4.69) is 28.9 Å². The van der Waals surface area contributed by atoms with E-state index in [-0.39, 0.29) is 5.41 Å². The molecular formula is C26H37ClN2O. The monoisotopic (exact) mass is 428 g/mol. The number of nitrogens with zero attached hydrogens (tertiary/aromatic N) is 2. The highest BCUT2D eigenvalue weighted by atomic mass is 35.5. The Morgan fingerprint density at radius 1 is 1.03 bits per heavy atom.